The minimum Gasteiger partial charge on any atom is -0.338 e. The molecule has 0 fully saturated rings. The van der Waals surface area contributed by atoms with Gasteiger partial charge >= 0.3 is 0 Å². The Balaban J connectivity index is 0.00000264. The molecule has 1 heterocycles. The summed E-state index contributed by atoms with van der Waals surface area (Å²) in [4.78, 5) is 18.1. The van der Waals surface area contributed by atoms with Gasteiger partial charge in [-0.05, 0) is 19.2 Å². The molecule has 0 aliphatic heterocycles. The lowest BCUT2D eigenvalue weighted by Crippen LogP contribution is -2.33. The second-order valence-corrected chi connectivity index (χ2v) is 4.90. The topological polar surface area (TPSA) is 63.1 Å². The van der Waals surface area contributed by atoms with Crippen molar-refractivity contribution in [3.8, 4) is 5.69 Å². The maximum atomic E-state index is 13.9. The Hall–Kier alpha value is -1.99. The Bertz CT molecular complexity index is 661. The van der Waals surface area contributed by atoms with Gasteiger partial charge in [-0.2, -0.15) is 0 Å². The summed E-state index contributed by atoms with van der Waals surface area (Å²) >= 11 is 0. The molecule has 1 N–H and O–H groups in total. The molecule has 1 amide bonds. The lowest BCUT2D eigenvalue weighted by Gasteiger charge is -2.14. The molecule has 23 heavy (non-hydrogen) atoms. The molecule has 2 aromatic rings. The summed E-state index contributed by atoms with van der Waals surface area (Å²) < 4.78 is 15.3. The highest BCUT2D eigenvalue weighted by molar-refractivity contribution is 5.90. The van der Waals surface area contributed by atoms with Gasteiger partial charge in [-0.15, -0.1) is 17.5 Å². The van der Waals surface area contributed by atoms with E-state index in [1.54, 1.807) is 25.2 Å². The largest absolute Gasteiger partial charge is 0.338 e. The minimum atomic E-state index is -0.398. The average molecular weight is 342 g/mol. The van der Waals surface area contributed by atoms with Crippen molar-refractivity contribution < 1.29 is 9.18 Å². The first-order valence-electron chi connectivity index (χ1n) is 7.19. The lowest BCUT2D eigenvalue weighted by molar-refractivity contribution is 0.0785. The van der Waals surface area contributed by atoms with Crippen LogP contribution in [0.15, 0.2) is 24.3 Å². The van der Waals surface area contributed by atoms with Gasteiger partial charge in [0.25, 0.3) is 5.91 Å². The molecule has 0 spiro atoms. The highest BCUT2D eigenvalue weighted by atomic mass is 35.5. The normalized spacial score (nSPS) is 10.3. The number of halogens is 2. The smallest absolute Gasteiger partial charge is 0.293 e. The summed E-state index contributed by atoms with van der Waals surface area (Å²) in [6.45, 7) is 3.11. The first-order chi connectivity index (χ1) is 10.6. The summed E-state index contributed by atoms with van der Waals surface area (Å²) in [7, 11) is 3.51. The van der Waals surface area contributed by atoms with Gasteiger partial charge in [0.2, 0.25) is 5.82 Å². The van der Waals surface area contributed by atoms with Crippen molar-refractivity contribution in [3.05, 3.63) is 41.7 Å². The number of nitrogens with one attached hydrogen (secondary N) is 1. The number of carbonyl (C=O) groups excluding carboxylic acids is 1. The molecule has 1 aromatic carbocycles. The summed E-state index contributed by atoms with van der Waals surface area (Å²) in [5.74, 6) is -0.0427. The number of aryl methyl sites for hydroxylation is 1. The van der Waals surface area contributed by atoms with E-state index in [1.165, 1.54) is 15.6 Å². The molecular formula is C15H21ClFN5O. The van der Waals surface area contributed by atoms with Gasteiger partial charge in [0.05, 0.1) is 0 Å². The van der Waals surface area contributed by atoms with Crippen LogP contribution in [0.25, 0.3) is 5.69 Å². The van der Waals surface area contributed by atoms with Crippen molar-refractivity contribution in [2.45, 2.75) is 13.3 Å². The zero-order chi connectivity index (χ0) is 16.1. The van der Waals surface area contributed by atoms with Gasteiger partial charge in [0, 0.05) is 26.6 Å². The molecule has 0 saturated carbocycles. The van der Waals surface area contributed by atoms with E-state index >= 15 is 0 Å². The van der Waals surface area contributed by atoms with Gasteiger partial charge in [-0.3, -0.25) is 4.79 Å². The Labute approximate surface area is 141 Å². The Morgan fingerprint density at radius 1 is 1.39 bits per heavy atom. The Kier molecular flexibility index (Phi) is 7.12. The third kappa shape index (κ3) is 4.27. The van der Waals surface area contributed by atoms with E-state index in [4.69, 9.17) is 0 Å². The van der Waals surface area contributed by atoms with Gasteiger partial charge in [-0.1, -0.05) is 19.1 Å². The summed E-state index contributed by atoms with van der Waals surface area (Å²) in [6.07, 6.45) is 0.550. The molecule has 0 saturated heterocycles. The molecule has 0 aliphatic rings. The number of hydrogen-bond donors (Lipinski definition) is 1. The maximum absolute atomic E-state index is 13.9. The van der Waals surface area contributed by atoms with Crippen LogP contribution in [0.4, 0.5) is 4.39 Å². The number of para-hydroxylation sites is 1. The zero-order valence-electron chi connectivity index (χ0n) is 13.4. The zero-order valence-corrected chi connectivity index (χ0v) is 14.2. The number of benzene rings is 1. The fourth-order valence-electron chi connectivity index (χ4n) is 2.03. The molecule has 0 atom stereocenters. The Morgan fingerprint density at radius 2 is 2.09 bits per heavy atom. The van der Waals surface area contributed by atoms with Crippen LogP contribution in [0.2, 0.25) is 0 Å². The lowest BCUT2D eigenvalue weighted by atomic mass is 10.3. The van der Waals surface area contributed by atoms with Crippen LogP contribution in [-0.2, 0) is 6.42 Å². The van der Waals surface area contributed by atoms with Crippen molar-refractivity contribution in [2.24, 2.45) is 0 Å². The van der Waals surface area contributed by atoms with Crippen LogP contribution in [-0.4, -0.2) is 52.8 Å². The third-order valence-corrected chi connectivity index (χ3v) is 3.31. The highest BCUT2D eigenvalue weighted by Gasteiger charge is 2.20. The van der Waals surface area contributed by atoms with E-state index in [1.807, 2.05) is 14.0 Å². The van der Waals surface area contributed by atoms with Crippen molar-refractivity contribution >= 4 is 18.3 Å². The molecular weight excluding hydrogens is 321 g/mol. The molecule has 0 radical (unpaired) electrons. The van der Waals surface area contributed by atoms with Gasteiger partial charge in [0.15, 0.2) is 0 Å². The predicted octanol–water partition coefficient (Wildman–Crippen LogP) is 1.68. The van der Waals surface area contributed by atoms with E-state index < -0.39 is 5.82 Å². The van der Waals surface area contributed by atoms with Gasteiger partial charge < -0.3 is 10.2 Å². The van der Waals surface area contributed by atoms with Crippen LogP contribution >= 0.6 is 12.4 Å². The molecule has 1 aromatic heterocycles. The number of likely N-dealkylation sites (N-methyl/N-ethyl adjacent to an activating group) is 2. The van der Waals surface area contributed by atoms with Crippen LogP contribution in [0.3, 0.4) is 0 Å². The summed E-state index contributed by atoms with van der Waals surface area (Å²) in [6, 6.07) is 6.30. The predicted molar refractivity (Wildman–Crippen MR) is 88.8 cm³/mol. The number of aromatic nitrogens is 3. The van der Waals surface area contributed by atoms with E-state index in [0.717, 1.165) is 0 Å². The highest BCUT2D eigenvalue weighted by Crippen LogP contribution is 2.15. The van der Waals surface area contributed by atoms with Crippen molar-refractivity contribution in [2.75, 3.05) is 27.2 Å². The quantitative estimate of drug-likeness (QED) is 0.868. The number of carbonyl (C=O) groups is 1. The summed E-state index contributed by atoms with van der Waals surface area (Å²) in [5, 5.41) is 7.17. The summed E-state index contributed by atoms with van der Waals surface area (Å²) in [5.41, 5.74) is 0.295. The van der Waals surface area contributed by atoms with E-state index in [9.17, 15) is 9.18 Å². The third-order valence-electron chi connectivity index (χ3n) is 3.31. The van der Waals surface area contributed by atoms with Crippen LogP contribution in [0.1, 0.15) is 23.4 Å². The van der Waals surface area contributed by atoms with Gasteiger partial charge in [0.1, 0.15) is 17.3 Å². The minimum absolute atomic E-state index is 0. The number of nitrogens with zero attached hydrogens (tertiary/aromatic N) is 4. The standard InChI is InChI=1S/C15H20FN5O.ClH/c1-4-13-18-14(15(22)20(3)10-9-17-2)19-21(13)12-8-6-5-7-11(12)16;/h5-8,17H,4,9-10H2,1-3H3;1H. The second kappa shape index (κ2) is 8.59. The molecule has 2 rings (SSSR count). The second-order valence-electron chi connectivity index (χ2n) is 4.90. The SMILES string of the molecule is CCc1nc(C(=O)N(C)CCNC)nn1-c1ccccc1F.Cl. The van der Waals surface area contributed by atoms with Crippen LogP contribution in [0, 0.1) is 5.82 Å². The van der Waals surface area contributed by atoms with E-state index in [2.05, 4.69) is 15.4 Å². The van der Waals surface area contributed by atoms with Crippen molar-refractivity contribution in [3.63, 3.8) is 0 Å². The van der Waals surface area contributed by atoms with E-state index in [-0.39, 0.29) is 24.1 Å². The Morgan fingerprint density at radius 3 is 2.70 bits per heavy atom. The van der Waals surface area contributed by atoms with Crippen LogP contribution in [0.5, 0.6) is 0 Å². The fourth-order valence-corrected chi connectivity index (χ4v) is 2.03. The van der Waals surface area contributed by atoms with Crippen molar-refractivity contribution in [1.29, 1.82) is 0 Å². The molecule has 8 heteroatoms. The first-order valence-corrected chi connectivity index (χ1v) is 7.19. The molecule has 0 unspecified atom stereocenters. The fraction of sp³-hybridized carbons (Fsp3) is 0.400. The maximum Gasteiger partial charge on any atom is 0.293 e. The number of rotatable bonds is 6. The van der Waals surface area contributed by atoms with Crippen molar-refractivity contribution in [1.82, 2.24) is 25.0 Å². The number of hydrogen-bond acceptors (Lipinski definition) is 4. The van der Waals surface area contributed by atoms with Gasteiger partial charge in [-0.25, -0.2) is 14.1 Å². The van der Waals surface area contributed by atoms with Crippen LogP contribution < -0.4 is 5.32 Å². The van der Waals surface area contributed by atoms with E-state index in [0.29, 0.717) is 31.0 Å². The molecule has 0 aliphatic carbocycles. The number of amides is 1. The first kappa shape index (κ1) is 19.1. The average Bonchev–Trinajstić information content (AvgIpc) is 2.96. The molecule has 6 nitrogen and oxygen atoms in total. The molecule has 0 bridgehead atoms. The monoisotopic (exact) mass is 341 g/mol. The molecule has 126 valence electrons.